The average Bonchev–Trinajstić information content (AvgIpc) is 2.38. The SMILES string of the molecule is CC(C)CN(C(C)C)C(C)C(=O)Nc1cc(Cl)ccc1N. The number of nitrogens with one attached hydrogen (secondary N) is 1. The summed E-state index contributed by atoms with van der Waals surface area (Å²) in [7, 11) is 0. The van der Waals surface area contributed by atoms with Crippen LogP contribution in [0.15, 0.2) is 18.2 Å². The van der Waals surface area contributed by atoms with Crippen molar-refractivity contribution >= 4 is 28.9 Å². The van der Waals surface area contributed by atoms with Crippen molar-refractivity contribution in [1.29, 1.82) is 0 Å². The number of amides is 1. The lowest BCUT2D eigenvalue weighted by Gasteiger charge is -2.33. The van der Waals surface area contributed by atoms with Crippen molar-refractivity contribution in [3.8, 4) is 0 Å². The van der Waals surface area contributed by atoms with Crippen molar-refractivity contribution < 1.29 is 4.79 Å². The van der Waals surface area contributed by atoms with Gasteiger partial charge in [0.15, 0.2) is 0 Å². The minimum Gasteiger partial charge on any atom is -0.397 e. The molecule has 1 amide bonds. The first-order chi connectivity index (χ1) is 9.72. The Balaban J connectivity index is 2.83. The molecule has 0 fully saturated rings. The third-order valence-corrected chi connectivity index (χ3v) is 3.62. The van der Waals surface area contributed by atoms with E-state index in [1.807, 2.05) is 6.92 Å². The van der Waals surface area contributed by atoms with E-state index in [1.54, 1.807) is 18.2 Å². The monoisotopic (exact) mass is 311 g/mol. The number of rotatable bonds is 6. The number of nitrogens with two attached hydrogens (primary N) is 1. The predicted molar refractivity (Wildman–Crippen MR) is 90.6 cm³/mol. The lowest BCUT2D eigenvalue weighted by Crippen LogP contribution is -2.47. The topological polar surface area (TPSA) is 58.4 Å². The Bertz CT molecular complexity index is 488. The Hall–Kier alpha value is -1.26. The summed E-state index contributed by atoms with van der Waals surface area (Å²) in [5.74, 6) is 0.428. The normalized spacial score (nSPS) is 13.0. The number of hydrogen-bond donors (Lipinski definition) is 2. The molecule has 0 saturated carbocycles. The lowest BCUT2D eigenvalue weighted by molar-refractivity contribution is -0.121. The molecule has 0 aromatic heterocycles. The van der Waals surface area contributed by atoms with E-state index in [0.717, 1.165) is 6.54 Å². The molecule has 4 nitrogen and oxygen atoms in total. The van der Waals surface area contributed by atoms with E-state index in [2.05, 4.69) is 37.9 Å². The summed E-state index contributed by atoms with van der Waals surface area (Å²) in [4.78, 5) is 14.6. The van der Waals surface area contributed by atoms with Gasteiger partial charge in [-0.25, -0.2) is 0 Å². The molecule has 5 heteroatoms. The lowest BCUT2D eigenvalue weighted by atomic mass is 10.1. The van der Waals surface area contributed by atoms with Crippen LogP contribution in [0.3, 0.4) is 0 Å². The van der Waals surface area contributed by atoms with Crippen molar-refractivity contribution in [3.63, 3.8) is 0 Å². The maximum atomic E-state index is 12.5. The second kappa shape index (κ2) is 7.66. The number of anilines is 2. The number of nitrogen functional groups attached to an aromatic ring is 1. The zero-order chi connectivity index (χ0) is 16.2. The standard InChI is InChI=1S/C16H26ClN3O/c1-10(2)9-20(11(3)4)12(5)16(21)19-15-8-13(17)6-7-14(15)18/h6-8,10-12H,9,18H2,1-5H3,(H,19,21). The minimum atomic E-state index is -0.231. The Kier molecular flexibility index (Phi) is 6.49. The molecule has 1 unspecified atom stereocenters. The van der Waals surface area contributed by atoms with Crippen LogP contribution in [0.5, 0.6) is 0 Å². The largest absolute Gasteiger partial charge is 0.397 e. The first kappa shape index (κ1) is 17.8. The summed E-state index contributed by atoms with van der Waals surface area (Å²) in [6.45, 7) is 11.3. The molecule has 0 aliphatic rings. The van der Waals surface area contributed by atoms with Crippen molar-refractivity contribution in [1.82, 2.24) is 4.90 Å². The molecule has 0 heterocycles. The fourth-order valence-electron chi connectivity index (χ4n) is 2.26. The van der Waals surface area contributed by atoms with E-state index in [0.29, 0.717) is 28.4 Å². The van der Waals surface area contributed by atoms with Gasteiger partial charge in [0.1, 0.15) is 0 Å². The second-order valence-electron chi connectivity index (χ2n) is 6.08. The number of nitrogens with zero attached hydrogens (tertiary/aromatic N) is 1. The van der Waals surface area contributed by atoms with Crippen molar-refractivity contribution in [2.45, 2.75) is 46.7 Å². The first-order valence-electron chi connectivity index (χ1n) is 7.34. The van der Waals surface area contributed by atoms with E-state index in [4.69, 9.17) is 17.3 Å². The van der Waals surface area contributed by atoms with Crippen LogP contribution >= 0.6 is 11.6 Å². The molecule has 3 N–H and O–H groups in total. The highest BCUT2D eigenvalue weighted by Gasteiger charge is 2.24. The number of carbonyl (C=O) groups is 1. The third kappa shape index (κ3) is 5.21. The molecule has 0 saturated heterocycles. The summed E-state index contributed by atoms with van der Waals surface area (Å²) < 4.78 is 0. The quantitative estimate of drug-likeness (QED) is 0.789. The summed E-state index contributed by atoms with van der Waals surface area (Å²) in [5, 5.41) is 3.42. The molecule has 1 aromatic rings. The Morgan fingerprint density at radius 1 is 1.29 bits per heavy atom. The van der Waals surface area contributed by atoms with Gasteiger partial charge in [-0.15, -0.1) is 0 Å². The average molecular weight is 312 g/mol. The second-order valence-corrected chi connectivity index (χ2v) is 6.52. The summed E-state index contributed by atoms with van der Waals surface area (Å²) in [6.07, 6.45) is 0. The molecule has 118 valence electrons. The van der Waals surface area contributed by atoms with E-state index in [-0.39, 0.29) is 11.9 Å². The molecule has 0 aliphatic carbocycles. The summed E-state index contributed by atoms with van der Waals surface area (Å²) in [5.41, 5.74) is 6.94. The molecule has 1 rings (SSSR count). The Morgan fingerprint density at radius 2 is 1.90 bits per heavy atom. The number of hydrogen-bond acceptors (Lipinski definition) is 3. The minimum absolute atomic E-state index is 0.0710. The predicted octanol–water partition coefficient (Wildman–Crippen LogP) is 3.62. The van der Waals surface area contributed by atoms with Crippen LogP contribution < -0.4 is 11.1 Å². The number of carbonyl (C=O) groups excluding carboxylic acids is 1. The maximum absolute atomic E-state index is 12.5. The summed E-state index contributed by atoms with van der Waals surface area (Å²) in [6, 6.07) is 5.13. The molecule has 0 radical (unpaired) electrons. The van der Waals surface area contributed by atoms with Crippen LogP contribution in [0.1, 0.15) is 34.6 Å². The molecule has 1 aromatic carbocycles. The molecular formula is C16H26ClN3O. The zero-order valence-electron chi connectivity index (χ0n) is 13.5. The van der Waals surface area contributed by atoms with Crippen LogP contribution in [0.2, 0.25) is 5.02 Å². The van der Waals surface area contributed by atoms with Gasteiger partial charge in [-0.3, -0.25) is 9.69 Å². The van der Waals surface area contributed by atoms with Crippen LogP contribution in [0.25, 0.3) is 0 Å². The molecule has 21 heavy (non-hydrogen) atoms. The maximum Gasteiger partial charge on any atom is 0.241 e. The van der Waals surface area contributed by atoms with Gasteiger partial charge in [-0.2, -0.15) is 0 Å². The van der Waals surface area contributed by atoms with Crippen LogP contribution in [-0.4, -0.2) is 29.4 Å². The van der Waals surface area contributed by atoms with Crippen LogP contribution in [0.4, 0.5) is 11.4 Å². The number of benzene rings is 1. The smallest absolute Gasteiger partial charge is 0.241 e. The van der Waals surface area contributed by atoms with Crippen molar-refractivity contribution in [3.05, 3.63) is 23.2 Å². The van der Waals surface area contributed by atoms with Gasteiger partial charge in [-0.1, -0.05) is 25.4 Å². The van der Waals surface area contributed by atoms with Gasteiger partial charge in [0.2, 0.25) is 5.91 Å². The number of halogens is 1. The van der Waals surface area contributed by atoms with Gasteiger partial charge in [0.05, 0.1) is 17.4 Å². The highest BCUT2D eigenvalue weighted by atomic mass is 35.5. The first-order valence-corrected chi connectivity index (χ1v) is 7.71. The molecule has 0 aliphatic heterocycles. The Morgan fingerprint density at radius 3 is 2.43 bits per heavy atom. The Labute approximate surface area is 132 Å². The van der Waals surface area contributed by atoms with E-state index in [9.17, 15) is 4.79 Å². The fourth-order valence-corrected chi connectivity index (χ4v) is 2.43. The van der Waals surface area contributed by atoms with Gasteiger partial charge in [0, 0.05) is 17.6 Å². The molecular weight excluding hydrogens is 286 g/mol. The summed E-state index contributed by atoms with van der Waals surface area (Å²) >= 11 is 5.94. The van der Waals surface area contributed by atoms with E-state index >= 15 is 0 Å². The van der Waals surface area contributed by atoms with Gasteiger partial charge < -0.3 is 11.1 Å². The van der Waals surface area contributed by atoms with Crippen LogP contribution in [0, 0.1) is 5.92 Å². The highest BCUT2D eigenvalue weighted by molar-refractivity contribution is 6.31. The zero-order valence-corrected chi connectivity index (χ0v) is 14.2. The molecule has 1 atom stereocenters. The highest BCUT2D eigenvalue weighted by Crippen LogP contribution is 2.23. The van der Waals surface area contributed by atoms with Gasteiger partial charge in [-0.05, 0) is 44.9 Å². The fraction of sp³-hybridized carbons (Fsp3) is 0.562. The van der Waals surface area contributed by atoms with Gasteiger partial charge >= 0.3 is 0 Å². The van der Waals surface area contributed by atoms with E-state index < -0.39 is 0 Å². The van der Waals surface area contributed by atoms with Crippen molar-refractivity contribution in [2.75, 3.05) is 17.6 Å². The van der Waals surface area contributed by atoms with Crippen LogP contribution in [-0.2, 0) is 4.79 Å². The molecule has 0 bridgehead atoms. The van der Waals surface area contributed by atoms with Gasteiger partial charge in [0.25, 0.3) is 0 Å². The third-order valence-electron chi connectivity index (χ3n) is 3.39. The molecule has 0 spiro atoms. The van der Waals surface area contributed by atoms with Crippen molar-refractivity contribution in [2.24, 2.45) is 5.92 Å². The van der Waals surface area contributed by atoms with E-state index in [1.165, 1.54) is 0 Å².